The first-order valence-corrected chi connectivity index (χ1v) is 7.18. The summed E-state index contributed by atoms with van der Waals surface area (Å²) in [4.78, 5) is 4.24. The molecule has 1 aromatic heterocycles. The molecule has 2 aliphatic heterocycles. The summed E-state index contributed by atoms with van der Waals surface area (Å²) in [6.07, 6.45) is 1.59. The van der Waals surface area contributed by atoms with Gasteiger partial charge in [-0.3, -0.25) is 0 Å². The third-order valence-electron chi connectivity index (χ3n) is 2.79. The second-order valence-corrected chi connectivity index (χ2v) is 5.23. The van der Waals surface area contributed by atoms with Crippen LogP contribution in [0.4, 0.5) is 0 Å². The van der Waals surface area contributed by atoms with Gasteiger partial charge in [0.1, 0.15) is 29.5 Å². The molecular weight excluding hydrogens is 365 g/mol. The van der Waals surface area contributed by atoms with Crippen LogP contribution in [0.3, 0.4) is 0 Å². The van der Waals surface area contributed by atoms with Gasteiger partial charge in [-0.05, 0) is 22.6 Å². The van der Waals surface area contributed by atoms with E-state index in [4.69, 9.17) is 23.7 Å². The number of hydrogen-bond acceptors (Lipinski definition) is 6. The smallest absolute Gasteiger partial charge is 0.231 e. The Hall–Kier alpha value is -0.800. The lowest BCUT2D eigenvalue weighted by Gasteiger charge is -2.24. The van der Waals surface area contributed by atoms with Crippen LogP contribution in [0.25, 0.3) is 0 Å². The van der Waals surface area contributed by atoms with E-state index in [0.29, 0.717) is 57.0 Å². The van der Waals surface area contributed by atoms with Gasteiger partial charge in [0.2, 0.25) is 5.88 Å². The van der Waals surface area contributed by atoms with Crippen molar-refractivity contribution in [3.05, 3.63) is 9.77 Å². The zero-order chi connectivity index (χ0) is 13.1. The Kier molecular flexibility index (Phi) is 4.24. The molecule has 19 heavy (non-hydrogen) atoms. The molecule has 6 nitrogen and oxygen atoms in total. The van der Waals surface area contributed by atoms with Crippen LogP contribution in [0.1, 0.15) is 0 Å². The van der Waals surface area contributed by atoms with Crippen LogP contribution in [0.2, 0.25) is 0 Å². The highest BCUT2D eigenvalue weighted by Crippen LogP contribution is 2.38. The minimum atomic E-state index is -0.0421. The molecule has 0 saturated carbocycles. The SMILES string of the molecule is Ic1c(OCC2COCCO2)ncc2c1OCCO2. The van der Waals surface area contributed by atoms with Gasteiger partial charge in [-0.1, -0.05) is 0 Å². The summed E-state index contributed by atoms with van der Waals surface area (Å²) < 4.78 is 28.4. The number of halogens is 1. The molecule has 1 aromatic rings. The highest BCUT2D eigenvalue weighted by molar-refractivity contribution is 14.1. The van der Waals surface area contributed by atoms with Gasteiger partial charge in [-0.15, -0.1) is 0 Å². The number of hydrogen-bond donors (Lipinski definition) is 0. The van der Waals surface area contributed by atoms with Crippen LogP contribution >= 0.6 is 22.6 Å². The molecule has 1 fully saturated rings. The maximum Gasteiger partial charge on any atom is 0.231 e. The fraction of sp³-hybridized carbons (Fsp3) is 0.583. The molecule has 1 unspecified atom stereocenters. The molecule has 0 N–H and O–H groups in total. The van der Waals surface area contributed by atoms with Gasteiger partial charge in [0.25, 0.3) is 0 Å². The predicted octanol–water partition coefficient (Wildman–Crippen LogP) is 1.25. The molecule has 0 aliphatic carbocycles. The molecule has 1 saturated heterocycles. The van der Waals surface area contributed by atoms with Crippen LogP contribution in [-0.4, -0.2) is 50.7 Å². The first-order chi connectivity index (χ1) is 9.34. The van der Waals surface area contributed by atoms with Gasteiger partial charge in [0.05, 0.1) is 26.0 Å². The van der Waals surface area contributed by atoms with Crippen LogP contribution in [0.15, 0.2) is 6.20 Å². The van der Waals surface area contributed by atoms with E-state index in [-0.39, 0.29) is 6.10 Å². The quantitative estimate of drug-likeness (QED) is 0.737. The summed E-state index contributed by atoms with van der Waals surface area (Å²) in [5, 5.41) is 0. The van der Waals surface area contributed by atoms with Crippen LogP contribution < -0.4 is 14.2 Å². The Morgan fingerprint density at radius 1 is 1.26 bits per heavy atom. The average Bonchev–Trinajstić information content (AvgIpc) is 2.48. The predicted molar refractivity (Wildman–Crippen MR) is 74.0 cm³/mol. The largest absolute Gasteiger partial charge is 0.485 e. The van der Waals surface area contributed by atoms with Gasteiger partial charge in [0, 0.05) is 0 Å². The van der Waals surface area contributed by atoms with Crippen LogP contribution in [0.5, 0.6) is 17.4 Å². The highest BCUT2D eigenvalue weighted by atomic mass is 127. The second-order valence-electron chi connectivity index (χ2n) is 4.15. The maximum atomic E-state index is 5.68. The van der Waals surface area contributed by atoms with Gasteiger partial charge in [-0.2, -0.15) is 0 Å². The Bertz CT molecular complexity index is 450. The first-order valence-electron chi connectivity index (χ1n) is 6.11. The van der Waals surface area contributed by atoms with Crippen LogP contribution in [0, 0.1) is 3.57 Å². The number of ether oxygens (including phenoxy) is 5. The zero-order valence-electron chi connectivity index (χ0n) is 10.3. The Labute approximate surface area is 124 Å². The summed E-state index contributed by atoms with van der Waals surface area (Å²) in [6, 6.07) is 0. The van der Waals surface area contributed by atoms with Crippen molar-refractivity contribution in [2.24, 2.45) is 0 Å². The standard InChI is InChI=1S/C12H14INO5/c13-10-11-9(17-3-4-18-11)5-14-12(10)19-7-8-6-15-1-2-16-8/h5,8H,1-4,6-7H2. The van der Waals surface area contributed by atoms with Crippen molar-refractivity contribution < 1.29 is 23.7 Å². The molecule has 2 aliphatic rings. The van der Waals surface area contributed by atoms with Gasteiger partial charge in [-0.25, -0.2) is 4.98 Å². The van der Waals surface area contributed by atoms with E-state index in [1.807, 2.05) is 0 Å². The van der Waals surface area contributed by atoms with E-state index < -0.39 is 0 Å². The highest BCUT2D eigenvalue weighted by Gasteiger charge is 2.21. The van der Waals surface area contributed by atoms with Crippen molar-refractivity contribution in [2.45, 2.75) is 6.10 Å². The van der Waals surface area contributed by atoms with Crippen molar-refractivity contribution >= 4 is 22.6 Å². The van der Waals surface area contributed by atoms with E-state index in [9.17, 15) is 0 Å². The van der Waals surface area contributed by atoms with Gasteiger partial charge < -0.3 is 23.7 Å². The number of rotatable bonds is 3. The molecule has 7 heteroatoms. The lowest BCUT2D eigenvalue weighted by Crippen LogP contribution is -2.33. The molecule has 0 amide bonds. The molecule has 3 heterocycles. The Morgan fingerprint density at radius 2 is 2.16 bits per heavy atom. The van der Waals surface area contributed by atoms with Gasteiger partial charge in [0.15, 0.2) is 11.5 Å². The minimum Gasteiger partial charge on any atom is -0.485 e. The molecule has 0 radical (unpaired) electrons. The fourth-order valence-electron chi connectivity index (χ4n) is 1.88. The molecule has 0 bridgehead atoms. The lowest BCUT2D eigenvalue weighted by molar-refractivity contribution is -0.102. The summed E-state index contributed by atoms with van der Waals surface area (Å²) in [5.41, 5.74) is 0. The zero-order valence-corrected chi connectivity index (χ0v) is 12.4. The van der Waals surface area contributed by atoms with E-state index in [2.05, 4.69) is 27.6 Å². The molecular formula is C12H14INO5. The molecule has 1 atom stereocenters. The maximum absolute atomic E-state index is 5.68. The van der Waals surface area contributed by atoms with E-state index in [1.165, 1.54) is 0 Å². The molecule has 3 rings (SSSR count). The van der Waals surface area contributed by atoms with Crippen molar-refractivity contribution in [3.63, 3.8) is 0 Å². The number of fused-ring (bicyclic) bond motifs is 1. The molecule has 0 aromatic carbocycles. The van der Waals surface area contributed by atoms with Crippen molar-refractivity contribution in [1.82, 2.24) is 4.98 Å². The third-order valence-corrected chi connectivity index (χ3v) is 3.74. The first kappa shape index (κ1) is 13.2. The third kappa shape index (κ3) is 3.03. The number of aromatic nitrogens is 1. The normalized spacial score (nSPS) is 22.1. The summed E-state index contributed by atoms with van der Waals surface area (Å²) in [5.74, 6) is 1.91. The van der Waals surface area contributed by atoms with Gasteiger partial charge >= 0.3 is 0 Å². The minimum absolute atomic E-state index is 0.0421. The average molecular weight is 379 g/mol. The van der Waals surface area contributed by atoms with E-state index >= 15 is 0 Å². The summed E-state index contributed by atoms with van der Waals surface area (Å²) >= 11 is 2.15. The summed E-state index contributed by atoms with van der Waals surface area (Å²) in [6.45, 7) is 3.34. The van der Waals surface area contributed by atoms with Crippen molar-refractivity contribution in [2.75, 3.05) is 39.6 Å². The Balaban J connectivity index is 1.67. The summed E-state index contributed by atoms with van der Waals surface area (Å²) in [7, 11) is 0. The lowest BCUT2D eigenvalue weighted by atomic mass is 10.3. The van der Waals surface area contributed by atoms with Crippen LogP contribution in [-0.2, 0) is 9.47 Å². The second kappa shape index (κ2) is 6.10. The molecule has 104 valence electrons. The van der Waals surface area contributed by atoms with Crippen molar-refractivity contribution in [3.8, 4) is 17.4 Å². The monoisotopic (exact) mass is 379 g/mol. The van der Waals surface area contributed by atoms with E-state index in [0.717, 1.165) is 3.57 Å². The van der Waals surface area contributed by atoms with Crippen molar-refractivity contribution in [1.29, 1.82) is 0 Å². The number of pyridine rings is 1. The topological polar surface area (TPSA) is 59.0 Å². The Morgan fingerprint density at radius 3 is 3.00 bits per heavy atom. The molecule has 0 spiro atoms. The number of nitrogens with zero attached hydrogens (tertiary/aromatic N) is 1. The fourth-order valence-corrected chi connectivity index (χ4v) is 2.59. The van der Waals surface area contributed by atoms with E-state index in [1.54, 1.807) is 6.20 Å².